The van der Waals surface area contributed by atoms with Crippen molar-refractivity contribution in [1.82, 2.24) is 5.32 Å². The minimum Gasteiger partial charge on any atom is -0.454 e. The lowest BCUT2D eigenvalue weighted by Gasteiger charge is -2.24. The number of carbonyl (C=O) groups excluding carboxylic acids is 2. The molecule has 1 atom stereocenters. The molecule has 3 rings (SSSR count). The van der Waals surface area contributed by atoms with Gasteiger partial charge in [0.1, 0.15) is 5.60 Å². The van der Waals surface area contributed by atoms with E-state index < -0.39 is 17.4 Å². The van der Waals surface area contributed by atoms with Crippen LogP contribution in [0.3, 0.4) is 0 Å². The SMILES string of the molecule is CSc1ccccc1NC(=O)C(=O)NC[C@](C)(O)c1ccc2c(c1)OCO2. The van der Waals surface area contributed by atoms with Crippen molar-refractivity contribution < 1.29 is 24.2 Å². The summed E-state index contributed by atoms with van der Waals surface area (Å²) in [7, 11) is 0. The number of rotatable bonds is 5. The third-order valence-corrected chi connectivity index (χ3v) is 4.94. The van der Waals surface area contributed by atoms with Crippen molar-refractivity contribution in [3.05, 3.63) is 48.0 Å². The second-order valence-electron chi connectivity index (χ2n) is 6.18. The molecule has 0 aliphatic carbocycles. The largest absolute Gasteiger partial charge is 0.454 e. The average molecular weight is 388 g/mol. The maximum atomic E-state index is 12.1. The summed E-state index contributed by atoms with van der Waals surface area (Å²) < 4.78 is 10.5. The van der Waals surface area contributed by atoms with Crippen LogP contribution < -0.4 is 20.1 Å². The number of benzene rings is 2. The van der Waals surface area contributed by atoms with E-state index in [0.29, 0.717) is 22.7 Å². The first-order chi connectivity index (χ1) is 12.9. The number of nitrogens with one attached hydrogen (secondary N) is 2. The number of aliphatic hydroxyl groups is 1. The molecule has 0 spiro atoms. The lowest BCUT2D eigenvalue weighted by molar-refractivity contribution is -0.136. The smallest absolute Gasteiger partial charge is 0.313 e. The zero-order valence-corrected chi connectivity index (χ0v) is 15.8. The highest BCUT2D eigenvalue weighted by Crippen LogP contribution is 2.35. The first kappa shape index (κ1) is 19.1. The molecule has 8 heteroatoms. The lowest BCUT2D eigenvalue weighted by Crippen LogP contribution is -2.43. The molecule has 2 aromatic rings. The lowest BCUT2D eigenvalue weighted by atomic mass is 9.95. The standard InChI is InChI=1S/C19H20N2O5S/c1-19(24,12-7-8-14-15(9-12)26-11-25-14)10-20-17(22)18(23)21-13-5-3-4-6-16(13)27-2/h3-9,24H,10-11H2,1-2H3,(H,20,22)(H,21,23)/t19-/m0/s1. The van der Waals surface area contributed by atoms with E-state index in [9.17, 15) is 14.7 Å². The molecule has 1 aliphatic heterocycles. The Morgan fingerprint density at radius 2 is 1.89 bits per heavy atom. The molecule has 2 amide bonds. The predicted octanol–water partition coefficient (Wildman–Crippen LogP) is 2.10. The summed E-state index contributed by atoms with van der Waals surface area (Å²) in [6, 6.07) is 12.2. The second-order valence-corrected chi connectivity index (χ2v) is 7.03. The number of fused-ring (bicyclic) bond motifs is 1. The van der Waals surface area contributed by atoms with Crippen LogP contribution >= 0.6 is 11.8 Å². The zero-order chi connectivity index (χ0) is 19.4. The number of amides is 2. The van der Waals surface area contributed by atoms with E-state index in [1.807, 2.05) is 18.4 Å². The first-order valence-electron chi connectivity index (χ1n) is 8.25. The van der Waals surface area contributed by atoms with E-state index in [0.717, 1.165) is 4.90 Å². The fourth-order valence-electron chi connectivity index (χ4n) is 2.59. The van der Waals surface area contributed by atoms with Gasteiger partial charge in [-0.15, -0.1) is 11.8 Å². The van der Waals surface area contributed by atoms with E-state index >= 15 is 0 Å². The van der Waals surface area contributed by atoms with Gasteiger partial charge in [0.25, 0.3) is 0 Å². The van der Waals surface area contributed by atoms with Crippen molar-refractivity contribution in [1.29, 1.82) is 0 Å². The van der Waals surface area contributed by atoms with E-state index in [1.54, 1.807) is 37.3 Å². The molecule has 0 unspecified atom stereocenters. The molecule has 2 aromatic carbocycles. The van der Waals surface area contributed by atoms with Crippen LogP contribution in [0, 0.1) is 0 Å². The van der Waals surface area contributed by atoms with Crippen molar-refractivity contribution in [2.24, 2.45) is 0 Å². The molecule has 7 nitrogen and oxygen atoms in total. The highest BCUT2D eigenvalue weighted by molar-refractivity contribution is 7.98. The van der Waals surface area contributed by atoms with Crippen LogP contribution in [0.25, 0.3) is 0 Å². The Kier molecular flexibility index (Phi) is 5.57. The van der Waals surface area contributed by atoms with Crippen LogP contribution in [0.4, 0.5) is 5.69 Å². The number of hydrogen-bond acceptors (Lipinski definition) is 6. The molecule has 27 heavy (non-hydrogen) atoms. The Morgan fingerprint density at radius 1 is 1.15 bits per heavy atom. The molecular formula is C19H20N2O5S. The molecule has 1 heterocycles. The highest BCUT2D eigenvalue weighted by Gasteiger charge is 2.28. The number of thioether (sulfide) groups is 1. The van der Waals surface area contributed by atoms with Crippen molar-refractivity contribution in [2.45, 2.75) is 17.4 Å². The van der Waals surface area contributed by atoms with E-state index in [1.165, 1.54) is 11.8 Å². The minimum atomic E-state index is -1.38. The van der Waals surface area contributed by atoms with Crippen LogP contribution in [0.5, 0.6) is 11.5 Å². The molecule has 0 aromatic heterocycles. The first-order valence-corrected chi connectivity index (χ1v) is 9.48. The third-order valence-electron chi connectivity index (χ3n) is 4.15. The summed E-state index contributed by atoms with van der Waals surface area (Å²) in [5.41, 5.74) is -0.276. The molecule has 0 radical (unpaired) electrons. The summed E-state index contributed by atoms with van der Waals surface area (Å²) in [5.74, 6) is -0.485. The molecule has 0 saturated carbocycles. The van der Waals surface area contributed by atoms with Gasteiger partial charge in [-0.25, -0.2) is 0 Å². The van der Waals surface area contributed by atoms with Crippen LogP contribution in [0.15, 0.2) is 47.4 Å². The maximum Gasteiger partial charge on any atom is 0.313 e. The molecule has 3 N–H and O–H groups in total. The Bertz CT molecular complexity index is 869. The van der Waals surface area contributed by atoms with Gasteiger partial charge in [-0.1, -0.05) is 18.2 Å². The van der Waals surface area contributed by atoms with E-state index in [2.05, 4.69) is 10.6 Å². The van der Waals surface area contributed by atoms with Gasteiger partial charge in [0.2, 0.25) is 6.79 Å². The Balaban J connectivity index is 1.61. The van der Waals surface area contributed by atoms with Crippen molar-refractivity contribution in [3.63, 3.8) is 0 Å². The van der Waals surface area contributed by atoms with Gasteiger partial charge in [-0.3, -0.25) is 9.59 Å². The normalized spacial score (nSPS) is 14.3. The van der Waals surface area contributed by atoms with Gasteiger partial charge >= 0.3 is 11.8 Å². The molecule has 1 aliphatic rings. The van der Waals surface area contributed by atoms with Gasteiger partial charge in [0, 0.05) is 4.90 Å². The summed E-state index contributed by atoms with van der Waals surface area (Å²) in [6.07, 6.45) is 1.88. The van der Waals surface area contributed by atoms with Crippen LogP contribution in [-0.4, -0.2) is 36.5 Å². The number of anilines is 1. The second kappa shape index (κ2) is 7.89. The zero-order valence-electron chi connectivity index (χ0n) is 14.9. The number of para-hydroxylation sites is 1. The third kappa shape index (κ3) is 4.35. The van der Waals surface area contributed by atoms with Crippen molar-refractivity contribution >= 4 is 29.3 Å². The predicted molar refractivity (Wildman–Crippen MR) is 102 cm³/mol. The van der Waals surface area contributed by atoms with Gasteiger partial charge in [0.15, 0.2) is 11.5 Å². The highest BCUT2D eigenvalue weighted by atomic mass is 32.2. The average Bonchev–Trinajstić information content (AvgIpc) is 3.14. The minimum absolute atomic E-state index is 0.134. The quantitative estimate of drug-likeness (QED) is 0.536. The van der Waals surface area contributed by atoms with Gasteiger partial charge in [-0.2, -0.15) is 0 Å². The molecule has 0 bridgehead atoms. The molecule has 0 saturated heterocycles. The monoisotopic (exact) mass is 388 g/mol. The number of ether oxygens (including phenoxy) is 2. The van der Waals surface area contributed by atoms with Gasteiger partial charge in [-0.05, 0) is 43.0 Å². The van der Waals surface area contributed by atoms with Crippen LogP contribution in [-0.2, 0) is 15.2 Å². The van der Waals surface area contributed by atoms with Crippen molar-refractivity contribution in [3.8, 4) is 11.5 Å². The summed E-state index contributed by atoms with van der Waals surface area (Å²) in [4.78, 5) is 25.1. The fourth-order valence-corrected chi connectivity index (χ4v) is 3.15. The van der Waals surface area contributed by atoms with Gasteiger partial charge in [0.05, 0.1) is 12.2 Å². The summed E-state index contributed by atoms with van der Waals surface area (Å²) in [5, 5.41) is 15.7. The molecular weight excluding hydrogens is 368 g/mol. The van der Waals surface area contributed by atoms with Crippen LogP contribution in [0.1, 0.15) is 12.5 Å². The van der Waals surface area contributed by atoms with E-state index in [4.69, 9.17) is 9.47 Å². The maximum absolute atomic E-state index is 12.1. The molecule has 0 fully saturated rings. The summed E-state index contributed by atoms with van der Waals surface area (Å²) >= 11 is 1.47. The number of hydrogen-bond donors (Lipinski definition) is 3. The Morgan fingerprint density at radius 3 is 2.67 bits per heavy atom. The topological polar surface area (TPSA) is 96.9 Å². The van der Waals surface area contributed by atoms with Crippen LogP contribution in [0.2, 0.25) is 0 Å². The Hall–Kier alpha value is -2.71. The Labute approximate surface area is 161 Å². The van der Waals surface area contributed by atoms with Crippen molar-refractivity contribution in [2.75, 3.05) is 24.9 Å². The molecule has 142 valence electrons. The van der Waals surface area contributed by atoms with E-state index in [-0.39, 0.29) is 13.3 Å². The number of carbonyl (C=O) groups is 2. The fraction of sp³-hybridized carbons (Fsp3) is 0.263. The van der Waals surface area contributed by atoms with Gasteiger partial charge < -0.3 is 25.2 Å². The summed E-state index contributed by atoms with van der Waals surface area (Å²) in [6.45, 7) is 1.55.